The molecule has 1 fully saturated rings. The van der Waals surface area contributed by atoms with Gasteiger partial charge in [0.2, 0.25) is 5.91 Å². The van der Waals surface area contributed by atoms with Crippen LogP contribution in [0.3, 0.4) is 0 Å². The summed E-state index contributed by atoms with van der Waals surface area (Å²) in [4.78, 5) is 26.5. The Morgan fingerprint density at radius 3 is 2.73 bits per heavy atom. The molecule has 2 heterocycles. The van der Waals surface area contributed by atoms with Crippen molar-refractivity contribution >= 4 is 35.1 Å². The molecule has 0 aromatic heterocycles. The number of halogens is 2. The van der Waals surface area contributed by atoms with Crippen molar-refractivity contribution in [1.82, 2.24) is 15.1 Å². The van der Waals surface area contributed by atoms with Crippen LogP contribution in [0.15, 0.2) is 12.1 Å². The van der Waals surface area contributed by atoms with Crippen molar-refractivity contribution < 1.29 is 9.59 Å². The van der Waals surface area contributed by atoms with Crippen LogP contribution in [-0.4, -0.2) is 47.9 Å². The Balaban J connectivity index is 1.55. The van der Waals surface area contributed by atoms with E-state index < -0.39 is 0 Å². The largest absolute Gasteiger partial charge is 0.329 e. The summed E-state index contributed by atoms with van der Waals surface area (Å²) in [5.41, 5.74) is 2.34. The molecule has 1 aromatic rings. The SMILES string of the molecule is O=C1CNC(=O)N1CCCN1CCc2c(Cl)cc(Cl)cc2C1. The van der Waals surface area contributed by atoms with Gasteiger partial charge in [-0.15, -0.1) is 0 Å². The summed E-state index contributed by atoms with van der Waals surface area (Å²) in [6, 6.07) is 3.47. The van der Waals surface area contributed by atoms with Gasteiger partial charge in [0.1, 0.15) is 0 Å². The maximum Gasteiger partial charge on any atom is 0.324 e. The van der Waals surface area contributed by atoms with Crippen LogP contribution in [-0.2, 0) is 17.8 Å². The highest BCUT2D eigenvalue weighted by Crippen LogP contribution is 2.29. The topological polar surface area (TPSA) is 52.7 Å². The van der Waals surface area contributed by atoms with Crippen LogP contribution in [0.2, 0.25) is 10.0 Å². The van der Waals surface area contributed by atoms with Gasteiger partial charge in [0.25, 0.3) is 0 Å². The molecule has 3 amide bonds. The van der Waals surface area contributed by atoms with E-state index >= 15 is 0 Å². The lowest BCUT2D eigenvalue weighted by molar-refractivity contribution is -0.125. The van der Waals surface area contributed by atoms with Gasteiger partial charge >= 0.3 is 6.03 Å². The summed E-state index contributed by atoms with van der Waals surface area (Å²) in [5, 5.41) is 3.92. The van der Waals surface area contributed by atoms with E-state index in [2.05, 4.69) is 10.2 Å². The second-order valence-corrected chi connectivity index (χ2v) is 6.45. The van der Waals surface area contributed by atoms with Crippen LogP contribution >= 0.6 is 23.2 Å². The second kappa shape index (κ2) is 6.44. The number of nitrogens with zero attached hydrogens (tertiary/aromatic N) is 2. The van der Waals surface area contributed by atoms with E-state index in [0.29, 0.717) is 11.6 Å². The Hall–Kier alpha value is -1.30. The van der Waals surface area contributed by atoms with E-state index in [1.807, 2.05) is 6.07 Å². The third kappa shape index (κ3) is 3.21. The van der Waals surface area contributed by atoms with Gasteiger partial charge < -0.3 is 5.32 Å². The van der Waals surface area contributed by atoms with Gasteiger partial charge in [0.05, 0.1) is 6.54 Å². The predicted molar refractivity (Wildman–Crippen MR) is 85.2 cm³/mol. The van der Waals surface area contributed by atoms with Crippen molar-refractivity contribution in [2.24, 2.45) is 0 Å². The number of hydrogen-bond acceptors (Lipinski definition) is 3. The molecule has 5 nitrogen and oxygen atoms in total. The summed E-state index contributed by atoms with van der Waals surface area (Å²) < 4.78 is 0. The lowest BCUT2D eigenvalue weighted by Gasteiger charge is -2.29. The maximum absolute atomic E-state index is 11.5. The summed E-state index contributed by atoms with van der Waals surface area (Å²) in [6.07, 6.45) is 1.66. The molecule has 1 aromatic carbocycles. The lowest BCUT2D eigenvalue weighted by atomic mass is 9.99. The highest BCUT2D eigenvalue weighted by atomic mass is 35.5. The zero-order chi connectivity index (χ0) is 15.7. The molecule has 2 aliphatic rings. The molecule has 118 valence electrons. The third-order valence-corrected chi connectivity index (χ3v) is 4.67. The second-order valence-electron chi connectivity index (χ2n) is 5.61. The van der Waals surface area contributed by atoms with Crippen LogP contribution in [0, 0.1) is 0 Å². The summed E-state index contributed by atoms with van der Waals surface area (Å²) in [7, 11) is 0. The smallest absolute Gasteiger partial charge is 0.324 e. The van der Waals surface area contributed by atoms with Crippen molar-refractivity contribution in [1.29, 1.82) is 0 Å². The van der Waals surface area contributed by atoms with E-state index in [0.717, 1.165) is 37.5 Å². The number of amides is 3. The van der Waals surface area contributed by atoms with E-state index in [4.69, 9.17) is 23.2 Å². The van der Waals surface area contributed by atoms with Gasteiger partial charge in [-0.2, -0.15) is 0 Å². The Kier molecular flexibility index (Phi) is 4.57. The summed E-state index contributed by atoms with van der Waals surface area (Å²) >= 11 is 12.3. The summed E-state index contributed by atoms with van der Waals surface area (Å²) in [6.45, 7) is 3.14. The minimum absolute atomic E-state index is 0.118. The first-order valence-electron chi connectivity index (χ1n) is 7.32. The fraction of sp³-hybridized carbons (Fsp3) is 0.467. The molecule has 3 rings (SSSR count). The minimum Gasteiger partial charge on any atom is -0.329 e. The van der Waals surface area contributed by atoms with Crippen molar-refractivity contribution in [3.05, 3.63) is 33.3 Å². The van der Waals surface area contributed by atoms with Gasteiger partial charge in [0.15, 0.2) is 0 Å². The van der Waals surface area contributed by atoms with Crippen LogP contribution in [0.5, 0.6) is 0 Å². The molecule has 1 saturated heterocycles. The molecule has 1 N–H and O–H groups in total. The molecule has 22 heavy (non-hydrogen) atoms. The highest BCUT2D eigenvalue weighted by Gasteiger charge is 2.28. The van der Waals surface area contributed by atoms with E-state index in [9.17, 15) is 9.59 Å². The highest BCUT2D eigenvalue weighted by molar-refractivity contribution is 6.35. The monoisotopic (exact) mass is 341 g/mol. The minimum atomic E-state index is -0.285. The number of rotatable bonds is 4. The molecule has 0 bridgehead atoms. The Bertz CT molecular complexity index is 605. The number of fused-ring (bicyclic) bond motifs is 1. The molecule has 0 aliphatic carbocycles. The summed E-state index contributed by atoms with van der Waals surface area (Å²) in [5.74, 6) is -0.146. The van der Waals surface area contributed by atoms with Crippen molar-refractivity contribution in [3.63, 3.8) is 0 Å². The van der Waals surface area contributed by atoms with E-state index in [1.54, 1.807) is 6.07 Å². The Morgan fingerprint density at radius 1 is 1.18 bits per heavy atom. The number of imide groups is 1. The molecule has 0 radical (unpaired) electrons. The fourth-order valence-corrected chi connectivity index (χ4v) is 3.62. The molecule has 0 unspecified atom stereocenters. The lowest BCUT2D eigenvalue weighted by Crippen LogP contribution is -2.36. The van der Waals surface area contributed by atoms with Gasteiger partial charge in [-0.25, -0.2) is 4.79 Å². The number of benzene rings is 1. The first kappa shape index (κ1) is 15.6. The molecule has 0 spiro atoms. The van der Waals surface area contributed by atoms with Gasteiger partial charge in [-0.3, -0.25) is 14.6 Å². The maximum atomic E-state index is 11.5. The van der Waals surface area contributed by atoms with Crippen molar-refractivity contribution in [2.45, 2.75) is 19.4 Å². The number of hydrogen-bond donors (Lipinski definition) is 1. The molecular formula is C15H17Cl2N3O2. The van der Waals surface area contributed by atoms with Gasteiger partial charge in [0, 0.05) is 36.2 Å². The average molecular weight is 342 g/mol. The Morgan fingerprint density at radius 2 is 2.00 bits per heavy atom. The fourth-order valence-electron chi connectivity index (χ4n) is 2.99. The normalized spacial score (nSPS) is 18.5. The zero-order valence-electron chi connectivity index (χ0n) is 12.1. The predicted octanol–water partition coefficient (Wildman–Crippen LogP) is 2.29. The zero-order valence-corrected chi connectivity index (χ0v) is 13.6. The van der Waals surface area contributed by atoms with Crippen LogP contribution in [0.4, 0.5) is 4.79 Å². The molecule has 2 aliphatic heterocycles. The number of carbonyl (C=O) groups is 2. The molecular weight excluding hydrogens is 325 g/mol. The third-order valence-electron chi connectivity index (χ3n) is 4.12. The van der Waals surface area contributed by atoms with Gasteiger partial charge in [-0.1, -0.05) is 23.2 Å². The first-order valence-corrected chi connectivity index (χ1v) is 8.07. The molecule has 0 atom stereocenters. The van der Waals surface area contributed by atoms with Crippen LogP contribution in [0.1, 0.15) is 17.5 Å². The first-order chi connectivity index (χ1) is 10.5. The van der Waals surface area contributed by atoms with Crippen molar-refractivity contribution in [2.75, 3.05) is 26.2 Å². The number of carbonyl (C=O) groups excluding carboxylic acids is 2. The quantitative estimate of drug-likeness (QED) is 0.855. The van der Waals surface area contributed by atoms with Crippen LogP contribution in [0.25, 0.3) is 0 Å². The molecule has 0 saturated carbocycles. The van der Waals surface area contributed by atoms with E-state index in [-0.39, 0.29) is 18.5 Å². The molecule has 7 heteroatoms. The standard InChI is InChI=1S/C15H17Cl2N3O2/c16-11-6-10-9-19(5-2-12(10)13(17)7-11)3-1-4-20-14(21)8-18-15(20)22/h6-7H,1-5,8-9H2,(H,18,22). The number of urea groups is 1. The number of nitrogens with one attached hydrogen (secondary N) is 1. The average Bonchev–Trinajstić information content (AvgIpc) is 2.78. The Labute approximate surface area is 139 Å². The van der Waals surface area contributed by atoms with Crippen molar-refractivity contribution in [3.8, 4) is 0 Å². The van der Waals surface area contributed by atoms with Crippen LogP contribution < -0.4 is 5.32 Å². The van der Waals surface area contributed by atoms with E-state index in [1.165, 1.54) is 16.0 Å². The van der Waals surface area contributed by atoms with Gasteiger partial charge in [-0.05, 0) is 36.1 Å².